The van der Waals surface area contributed by atoms with E-state index in [9.17, 15) is 21.3 Å². The van der Waals surface area contributed by atoms with Crippen LogP contribution in [0.15, 0.2) is 204 Å². The summed E-state index contributed by atoms with van der Waals surface area (Å²) in [4.78, 5) is 6.34. The van der Waals surface area contributed by atoms with Crippen molar-refractivity contribution in [1.29, 1.82) is 0 Å². The number of benzene rings is 6. The molecule has 2 N–H and O–H groups in total. The largest absolute Gasteiger partial charge is 0.390 e. The van der Waals surface area contributed by atoms with E-state index in [0.717, 1.165) is 33.4 Å². The number of ether oxygens (including phenoxy) is 10. The lowest BCUT2D eigenvalue weighted by Crippen LogP contribution is -2.60. The minimum atomic E-state index is -1.15. The van der Waals surface area contributed by atoms with Gasteiger partial charge in [-0.1, -0.05) is 204 Å². The maximum atomic E-state index is 11.3. The van der Waals surface area contributed by atoms with Crippen LogP contribution in [0, 0.1) is 0 Å². The molecule has 0 aliphatic carbocycles. The van der Waals surface area contributed by atoms with Crippen molar-refractivity contribution in [2.45, 2.75) is 126 Å². The first-order valence-electron chi connectivity index (χ1n) is 26.9. The Bertz CT molecular complexity index is 2600. The van der Waals surface area contributed by atoms with Gasteiger partial charge in [0.05, 0.1) is 78.3 Å². The molecule has 0 unspecified atom stereocenters. The fourth-order valence-corrected chi connectivity index (χ4v) is 9.33. The number of rotatable bonds is 32. The predicted molar refractivity (Wildman–Crippen MR) is 298 cm³/mol. The zero-order valence-electron chi connectivity index (χ0n) is 44.5. The molecule has 18 nitrogen and oxygen atoms in total. The Balaban J connectivity index is 0.903. The maximum absolute atomic E-state index is 11.3. The first-order chi connectivity index (χ1) is 39.4. The van der Waals surface area contributed by atoms with E-state index in [1.54, 1.807) is 12.2 Å². The summed E-state index contributed by atoms with van der Waals surface area (Å²) in [5.41, 5.74) is 25.4. The molecule has 0 saturated carbocycles. The van der Waals surface area contributed by atoms with E-state index >= 15 is 0 Å². The molecule has 8 rings (SSSR count). The van der Waals surface area contributed by atoms with E-state index in [2.05, 4.69) is 20.1 Å². The van der Waals surface area contributed by atoms with Crippen LogP contribution < -0.4 is 0 Å². The standard InChI is InChI=1S/C62H70N6O12/c63-67-65-55-59(75-39-49-29-15-5-16-30-49)57(73-37-47-25-11-3-12-26-47)53(43-71-35-45-21-7-1-8-22-45)79-61(55)77-41-51(69)33-19-20-34-52(70)42-78-62-56(66-68-64)60(76-40-50-31-17-6-18-32-50)58(74-38-48-27-13-4-14-28-48)54(80-62)44-72-36-46-23-9-2-10-24-46/h1-32,51-62,69-70H,33-44H2/b20-19+/t51-,52-,53+,54+,55-,56-,57+,58+,59+,60+,61+,62+/m0/s1. The Kier molecular flexibility index (Phi) is 24.5. The van der Waals surface area contributed by atoms with Crippen LogP contribution in [0.25, 0.3) is 20.9 Å². The lowest BCUT2D eigenvalue weighted by Gasteiger charge is -2.44. The van der Waals surface area contributed by atoms with Crippen molar-refractivity contribution >= 4 is 0 Å². The molecule has 0 radical (unpaired) electrons. The zero-order valence-corrected chi connectivity index (χ0v) is 44.5. The number of hydrogen-bond donors (Lipinski definition) is 2. The number of aliphatic hydroxyl groups excluding tert-OH is 2. The van der Waals surface area contributed by atoms with Crippen LogP contribution >= 0.6 is 0 Å². The van der Waals surface area contributed by atoms with Gasteiger partial charge in [-0.25, -0.2) is 0 Å². The van der Waals surface area contributed by atoms with E-state index in [-0.39, 0.29) is 65.7 Å². The second kappa shape index (κ2) is 33.1. The van der Waals surface area contributed by atoms with Gasteiger partial charge in [0.15, 0.2) is 12.6 Å². The first-order valence-corrected chi connectivity index (χ1v) is 26.9. The zero-order chi connectivity index (χ0) is 55.4. The number of azide groups is 2. The Morgan fingerprint density at radius 2 is 0.675 bits per heavy atom. The lowest BCUT2D eigenvalue weighted by molar-refractivity contribution is -0.289. The molecular weight excluding hydrogens is 1020 g/mol. The van der Waals surface area contributed by atoms with Crippen molar-refractivity contribution in [2.75, 3.05) is 26.4 Å². The van der Waals surface area contributed by atoms with Gasteiger partial charge in [-0.3, -0.25) is 0 Å². The van der Waals surface area contributed by atoms with Crippen molar-refractivity contribution in [3.63, 3.8) is 0 Å². The lowest BCUT2D eigenvalue weighted by atomic mass is 9.96. The van der Waals surface area contributed by atoms with Gasteiger partial charge in [0, 0.05) is 9.82 Å². The first kappa shape index (κ1) is 59.3. The average molecular weight is 1090 g/mol. The van der Waals surface area contributed by atoms with Gasteiger partial charge >= 0.3 is 0 Å². The van der Waals surface area contributed by atoms with Gasteiger partial charge in [0.1, 0.15) is 48.7 Å². The van der Waals surface area contributed by atoms with Gasteiger partial charge in [-0.15, -0.1) is 0 Å². The number of nitrogens with zero attached hydrogens (tertiary/aromatic N) is 6. The van der Waals surface area contributed by atoms with Gasteiger partial charge in [0.25, 0.3) is 0 Å². The van der Waals surface area contributed by atoms with Crippen LogP contribution in [-0.2, 0) is 87.0 Å². The fraction of sp³-hybridized carbons (Fsp3) is 0.387. The van der Waals surface area contributed by atoms with Crippen molar-refractivity contribution in [2.24, 2.45) is 10.2 Å². The molecule has 2 aliphatic heterocycles. The predicted octanol–water partition coefficient (Wildman–Crippen LogP) is 10.7. The summed E-state index contributed by atoms with van der Waals surface area (Å²) >= 11 is 0. The average Bonchev–Trinajstić information content (AvgIpc) is 3.68. The van der Waals surface area contributed by atoms with Crippen LogP contribution in [0.1, 0.15) is 46.2 Å². The summed E-state index contributed by atoms with van der Waals surface area (Å²) < 4.78 is 64.4. The quantitative estimate of drug-likeness (QED) is 0.0174. The fourth-order valence-electron chi connectivity index (χ4n) is 9.33. The van der Waals surface area contributed by atoms with E-state index in [1.807, 2.05) is 182 Å². The van der Waals surface area contributed by atoms with Crippen LogP contribution in [0.3, 0.4) is 0 Å². The van der Waals surface area contributed by atoms with Gasteiger partial charge in [-0.05, 0) is 57.3 Å². The minimum Gasteiger partial charge on any atom is -0.390 e. The third-order valence-electron chi connectivity index (χ3n) is 13.4. The van der Waals surface area contributed by atoms with E-state index in [1.165, 1.54) is 0 Å². The normalized spacial score (nSPS) is 23.6. The van der Waals surface area contributed by atoms with Crippen LogP contribution in [0.2, 0.25) is 0 Å². The molecule has 0 aromatic heterocycles. The molecule has 2 saturated heterocycles. The molecule has 12 atom stereocenters. The Hall–Kier alpha value is -6.80. The summed E-state index contributed by atoms with van der Waals surface area (Å²) in [6.07, 6.45) is -5.27. The molecular formula is C62H70N6O12. The molecule has 0 amide bonds. The molecule has 2 heterocycles. The summed E-state index contributed by atoms with van der Waals surface area (Å²) in [6, 6.07) is 56.1. The van der Waals surface area contributed by atoms with E-state index in [4.69, 9.17) is 47.4 Å². The van der Waals surface area contributed by atoms with E-state index in [0.29, 0.717) is 13.2 Å². The van der Waals surface area contributed by atoms with Crippen molar-refractivity contribution in [3.05, 3.63) is 248 Å². The van der Waals surface area contributed by atoms with Gasteiger partial charge in [-0.2, -0.15) is 0 Å². The van der Waals surface area contributed by atoms with Gasteiger partial charge in [0.2, 0.25) is 0 Å². The van der Waals surface area contributed by atoms with Crippen LogP contribution in [0.4, 0.5) is 0 Å². The van der Waals surface area contributed by atoms with E-state index < -0.39 is 73.5 Å². The highest BCUT2D eigenvalue weighted by Gasteiger charge is 2.49. The minimum absolute atomic E-state index is 0.0921. The molecule has 0 spiro atoms. The topological polar surface area (TPSA) is 230 Å². The second-order valence-corrected chi connectivity index (χ2v) is 19.4. The molecule has 420 valence electrons. The summed E-state index contributed by atoms with van der Waals surface area (Å²) in [7, 11) is 0. The number of hydrogen-bond acceptors (Lipinski definition) is 14. The maximum Gasteiger partial charge on any atom is 0.169 e. The molecule has 6 aromatic rings. The monoisotopic (exact) mass is 1090 g/mol. The molecule has 80 heavy (non-hydrogen) atoms. The highest BCUT2D eigenvalue weighted by molar-refractivity contribution is 5.18. The SMILES string of the molecule is [N-]=[N+]=N[C@@H]1[C@H](OC[C@@H](O)C/C=C/C[C@H](O)CO[C@@H]2O[C@H](COCc3ccccc3)[C@@H](OCc3ccccc3)[C@H](OCc3ccccc3)[C@@H]2N=[N+]=[N-])O[C@H](COCc2ccccc2)[C@@H](OCc2ccccc2)[C@@H]1OCc1ccccc1. The third kappa shape index (κ3) is 18.9. The molecule has 18 heteroatoms. The Morgan fingerprint density at radius 1 is 0.400 bits per heavy atom. The highest BCUT2D eigenvalue weighted by Crippen LogP contribution is 2.33. The van der Waals surface area contributed by atoms with Crippen molar-refractivity contribution in [1.82, 2.24) is 0 Å². The summed E-state index contributed by atoms with van der Waals surface area (Å²) in [5, 5.41) is 30.8. The van der Waals surface area contributed by atoms with Crippen LogP contribution in [-0.4, -0.2) is 110 Å². The van der Waals surface area contributed by atoms with Crippen molar-refractivity contribution in [3.8, 4) is 0 Å². The molecule has 0 bridgehead atoms. The molecule has 2 fully saturated rings. The Labute approximate surface area is 466 Å². The second-order valence-electron chi connectivity index (χ2n) is 19.4. The van der Waals surface area contributed by atoms with Gasteiger partial charge < -0.3 is 57.6 Å². The summed E-state index contributed by atoms with van der Waals surface area (Å²) in [6.45, 7) is 1.23. The van der Waals surface area contributed by atoms with Crippen molar-refractivity contribution < 1.29 is 57.6 Å². The summed E-state index contributed by atoms with van der Waals surface area (Å²) in [5.74, 6) is 0. The third-order valence-corrected chi connectivity index (χ3v) is 13.4. The van der Waals surface area contributed by atoms with Crippen LogP contribution in [0.5, 0.6) is 0 Å². The molecule has 2 aliphatic rings. The number of aliphatic hydroxyl groups is 2. The smallest absolute Gasteiger partial charge is 0.169 e. The molecule has 6 aromatic carbocycles. The Morgan fingerprint density at radius 3 is 0.963 bits per heavy atom. The highest BCUT2D eigenvalue weighted by atomic mass is 16.7.